The molecule has 0 aromatic heterocycles. The minimum Gasteiger partial charge on any atom is -0.480 e. The Morgan fingerprint density at radius 2 is 1.68 bits per heavy atom. The fourth-order valence-electron chi connectivity index (χ4n) is 1.37. The van der Waals surface area contributed by atoms with Crippen molar-refractivity contribution in [1.29, 1.82) is 0 Å². The molecule has 1 aromatic carbocycles. The van der Waals surface area contributed by atoms with E-state index in [1.807, 2.05) is 0 Å². The van der Waals surface area contributed by atoms with E-state index in [-0.39, 0.29) is 11.1 Å². The first-order chi connectivity index (χ1) is 8.79. The summed E-state index contributed by atoms with van der Waals surface area (Å²) in [5.74, 6) is -2.47. The number of amides is 1. The van der Waals surface area contributed by atoms with Crippen LogP contribution in [0.3, 0.4) is 0 Å². The van der Waals surface area contributed by atoms with E-state index < -0.39 is 23.4 Å². The molecule has 6 nitrogen and oxygen atoms in total. The van der Waals surface area contributed by atoms with Gasteiger partial charge in [0.1, 0.15) is 5.54 Å². The molecule has 1 aromatic rings. The fourth-order valence-corrected chi connectivity index (χ4v) is 1.37. The summed E-state index contributed by atoms with van der Waals surface area (Å²) in [6.07, 6.45) is 0. The van der Waals surface area contributed by atoms with Crippen molar-refractivity contribution in [2.45, 2.75) is 19.4 Å². The van der Waals surface area contributed by atoms with E-state index in [0.717, 1.165) is 0 Å². The maximum Gasteiger partial charge on any atom is 0.338 e. The van der Waals surface area contributed by atoms with Crippen LogP contribution in [0.4, 0.5) is 0 Å². The second kappa shape index (κ2) is 5.51. The first kappa shape index (κ1) is 14.7. The average molecular weight is 265 g/mol. The van der Waals surface area contributed by atoms with Gasteiger partial charge in [-0.2, -0.15) is 0 Å². The number of methoxy groups -OCH3 is 1. The van der Waals surface area contributed by atoms with Crippen LogP contribution in [0.2, 0.25) is 0 Å². The maximum atomic E-state index is 12.0. The molecule has 0 saturated carbocycles. The van der Waals surface area contributed by atoms with E-state index in [1.54, 1.807) is 12.1 Å². The van der Waals surface area contributed by atoms with Crippen molar-refractivity contribution in [3.05, 3.63) is 35.4 Å². The number of hydrogen-bond acceptors (Lipinski definition) is 4. The molecular weight excluding hydrogens is 250 g/mol. The molecule has 0 aliphatic rings. The number of aliphatic carboxylic acids is 1. The number of hydrogen-bond donors (Lipinski definition) is 2. The Morgan fingerprint density at radius 3 is 2.16 bits per heavy atom. The summed E-state index contributed by atoms with van der Waals surface area (Å²) in [7, 11) is 1.21. The Hall–Kier alpha value is -2.37. The van der Waals surface area contributed by atoms with Gasteiger partial charge < -0.3 is 15.2 Å². The van der Waals surface area contributed by atoms with Gasteiger partial charge >= 0.3 is 11.9 Å². The van der Waals surface area contributed by atoms with Gasteiger partial charge in [-0.25, -0.2) is 9.59 Å². The Labute approximate surface area is 110 Å². The van der Waals surface area contributed by atoms with Gasteiger partial charge in [-0.05, 0) is 26.0 Å². The summed E-state index contributed by atoms with van der Waals surface area (Å²) in [6, 6.07) is 6.04. The lowest BCUT2D eigenvalue weighted by Gasteiger charge is -2.21. The molecule has 0 aliphatic heterocycles. The second-order valence-corrected chi connectivity index (χ2v) is 4.42. The summed E-state index contributed by atoms with van der Waals surface area (Å²) >= 11 is 0. The van der Waals surface area contributed by atoms with Crippen LogP contribution in [0.5, 0.6) is 0 Å². The Morgan fingerprint density at radius 1 is 1.16 bits per heavy atom. The maximum absolute atomic E-state index is 12.0. The lowest BCUT2D eigenvalue weighted by molar-refractivity contribution is -0.143. The molecule has 0 radical (unpaired) electrons. The molecule has 1 rings (SSSR count). The highest BCUT2D eigenvalue weighted by Gasteiger charge is 2.30. The van der Waals surface area contributed by atoms with E-state index in [1.165, 1.54) is 33.1 Å². The van der Waals surface area contributed by atoms with E-state index >= 15 is 0 Å². The first-order valence-electron chi connectivity index (χ1n) is 5.53. The van der Waals surface area contributed by atoms with Gasteiger partial charge in [0.25, 0.3) is 5.91 Å². The number of carboxylic acid groups (broad SMARTS) is 1. The highest BCUT2D eigenvalue weighted by atomic mass is 16.5. The molecule has 0 unspecified atom stereocenters. The molecular formula is C13H15NO5. The zero-order valence-electron chi connectivity index (χ0n) is 10.9. The van der Waals surface area contributed by atoms with Gasteiger partial charge in [-0.1, -0.05) is 12.1 Å². The van der Waals surface area contributed by atoms with Crippen LogP contribution in [0.15, 0.2) is 24.3 Å². The number of carbonyl (C=O) groups is 3. The topological polar surface area (TPSA) is 92.7 Å². The molecule has 0 heterocycles. The molecule has 2 N–H and O–H groups in total. The highest BCUT2D eigenvalue weighted by Crippen LogP contribution is 2.12. The van der Waals surface area contributed by atoms with Gasteiger partial charge in [0, 0.05) is 0 Å². The normalized spacial score (nSPS) is 10.7. The summed E-state index contributed by atoms with van der Waals surface area (Å²) < 4.78 is 4.57. The predicted molar refractivity (Wildman–Crippen MR) is 67.0 cm³/mol. The van der Waals surface area contributed by atoms with Crippen molar-refractivity contribution in [3.8, 4) is 0 Å². The van der Waals surface area contributed by atoms with Gasteiger partial charge in [-0.15, -0.1) is 0 Å². The van der Waals surface area contributed by atoms with Crippen LogP contribution in [0.1, 0.15) is 34.6 Å². The number of carbonyl (C=O) groups excluding carboxylic acids is 2. The molecule has 0 aliphatic carbocycles. The predicted octanol–water partition coefficient (Wildman–Crippen LogP) is 1.07. The Kier molecular flexibility index (Phi) is 4.26. The zero-order chi connectivity index (χ0) is 14.6. The van der Waals surface area contributed by atoms with Gasteiger partial charge in [0.2, 0.25) is 0 Å². The number of nitrogens with one attached hydrogen (secondary N) is 1. The molecule has 102 valence electrons. The number of carboxylic acids is 1. The minimum absolute atomic E-state index is 0.0728. The highest BCUT2D eigenvalue weighted by molar-refractivity contribution is 6.06. The van der Waals surface area contributed by atoms with Crippen molar-refractivity contribution >= 4 is 17.8 Å². The van der Waals surface area contributed by atoms with E-state index in [4.69, 9.17) is 5.11 Å². The Bertz CT molecular complexity index is 522. The fraction of sp³-hybridized carbons (Fsp3) is 0.308. The summed E-state index contributed by atoms with van der Waals surface area (Å²) in [5.41, 5.74) is -1.27. The third-order valence-electron chi connectivity index (χ3n) is 2.54. The third kappa shape index (κ3) is 3.31. The second-order valence-electron chi connectivity index (χ2n) is 4.42. The molecule has 0 bridgehead atoms. The van der Waals surface area contributed by atoms with E-state index in [9.17, 15) is 14.4 Å². The van der Waals surface area contributed by atoms with Gasteiger partial charge in [0.05, 0.1) is 18.2 Å². The molecule has 19 heavy (non-hydrogen) atoms. The zero-order valence-corrected chi connectivity index (χ0v) is 10.9. The average Bonchev–Trinajstić information content (AvgIpc) is 2.37. The molecule has 1 amide bonds. The third-order valence-corrected chi connectivity index (χ3v) is 2.54. The van der Waals surface area contributed by atoms with E-state index in [0.29, 0.717) is 0 Å². The molecule has 0 saturated heterocycles. The lowest BCUT2D eigenvalue weighted by Crippen LogP contribution is -2.49. The summed E-state index contributed by atoms with van der Waals surface area (Å²) in [4.78, 5) is 34.5. The first-order valence-corrected chi connectivity index (χ1v) is 5.53. The van der Waals surface area contributed by atoms with Crippen molar-refractivity contribution in [2.75, 3.05) is 7.11 Å². The largest absolute Gasteiger partial charge is 0.480 e. The standard InChI is InChI=1S/C13H15NO5/c1-13(2,12(17)18)14-10(15)8-6-4-5-7-9(8)11(16)19-3/h4-7H,1-3H3,(H,14,15)(H,17,18). The minimum atomic E-state index is -1.43. The number of esters is 1. The quantitative estimate of drug-likeness (QED) is 0.794. The van der Waals surface area contributed by atoms with Crippen LogP contribution in [-0.4, -0.2) is 35.6 Å². The van der Waals surface area contributed by atoms with Crippen LogP contribution < -0.4 is 5.32 Å². The number of benzene rings is 1. The molecule has 0 spiro atoms. The lowest BCUT2D eigenvalue weighted by atomic mass is 10.0. The van der Waals surface area contributed by atoms with Crippen molar-refractivity contribution in [3.63, 3.8) is 0 Å². The van der Waals surface area contributed by atoms with Crippen LogP contribution in [-0.2, 0) is 9.53 Å². The van der Waals surface area contributed by atoms with Crippen LogP contribution >= 0.6 is 0 Å². The molecule has 6 heteroatoms. The van der Waals surface area contributed by atoms with Crippen molar-refractivity contribution in [2.24, 2.45) is 0 Å². The SMILES string of the molecule is COC(=O)c1ccccc1C(=O)NC(C)(C)C(=O)O. The number of rotatable bonds is 4. The molecule has 0 atom stereocenters. The van der Waals surface area contributed by atoms with E-state index in [2.05, 4.69) is 10.1 Å². The summed E-state index contributed by atoms with van der Waals surface area (Å²) in [5, 5.41) is 11.3. The van der Waals surface area contributed by atoms with Gasteiger partial charge in [0.15, 0.2) is 0 Å². The Balaban J connectivity index is 3.07. The summed E-state index contributed by atoms with van der Waals surface area (Å²) in [6.45, 7) is 2.71. The van der Waals surface area contributed by atoms with Crippen LogP contribution in [0, 0.1) is 0 Å². The number of ether oxygens (including phenoxy) is 1. The van der Waals surface area contributed by atoms with Crippen molar-refractivity contribution < 1.29 is 24.2 Å². The van der Waals surface area contributed by atoms with Gasteiger partial charge in [-0.3, -0.25) is 4.79 Å². The van der Waals surface area contributed by atoms with Crippen molar-refractivity contribution in [1.82, 2.24) is 5.32 Å². The smallest absolute Gasteiger partial charge is 0.338 e. The molecule has 0 fully saturated rings. The monoisotopic (exact) mass is 265 g/mol. The van der Waals surface area contributed by atoms with Crippen LogP contribution in [0.25, 0.3) is 0 Å².